The van der Waals surface area contributed by atoms with E-state index in [4.69, 9.17) is 22.1 Å². The Hall–Kier alpha value is -3.17. The Labute approximate surface area is 176 Å². The summed E-state index contributed by atoms with van der Waals surface area (Å²) >= 11 is 6.27. The van der Waals surface area contributed by atoms with Crippen LogP contribution in [0.5, 0.6) is 5.75 Å². The van der Waals surface area contributed by atoms with E-state index in [1.807, 2.05) is 0 Å². The van der Waals surface area contributed by atoms with Gasteiger partial charge in [0, 0.05) is 5.56 Å². The van der Waals surface area contributed by atoms with Crippen molar-refractivity contribution in [3.8, 4) is 5.75 Å². The second-order valence-corrected chi connectivity index (χ2v) is 7.67. The van der Waals surface area contributed by atoms with Gasteiger partial charge in [-0.05, 0) is 55.0 Å². The molecule has 0 spiro atoms. The van der Waals surface area contributed by atoms with E-state index in [1.54, 1.807) is 60.7 Å². The predicted molar refractivity (Wildman–Crippen MR) is 113 cm³/mol. The Bertz CT molecular complexity index is 1010. The van der Waals surface area contributed by atoms with Crippen LogP contribution in [0.15, 0.2) is 59.5 Å². The van der Waals surface area contributed by atoms with Crippen molar-refractivity contribution in [3.63, 3.8) is 0 Å². The lowest BCUT2D eigenvalue weighted by Crippen LogP contribution is -2.44. The number of amides is 2. The van der Waals surface area contributed by atoms with Crippen LogP contribution in [0.1, 0.15) is 22.8 Å². The van der Waals surface area contributed by atoms with Crippen molar-refractivity contribution < 1.29 is 24.2 Å². The number of carboxylic acid groups (broad SMARTS) is 1. The third-order valence-corrected chi connectivity index (χ3v) is 5.16. The number of rotatable bonds is 6. The second-order valence-electron chi connectivity index (χ2n) is 5.99. The largest absolute Gasteiger partial charge is 0.479 e. The topological polar surface area (TPSA) is 95.9 Å². The third kappa shape index (κ3) is 5.01. The number of thiocarbonyl (C=S) groups is 1. The summed E-state index contributed by atoms with van der Waals surface area (Å²) in [5.74, 6) is -1.61. The molecule has 0 aliphatic carbocycles. The maximum Gasteiger partial charge on any atom is 0.344 e. The van der Waals surface area contributed by atoms with Crippen LogP contribution < -0.4 is 10.2 Å². The molecule has 148 valence electrons. The first kappa shape index (κ1) is 20.6. The lowest BCUT2D eigenvalue weighted by molar-refractivity contribution is -0.144. The summed E-state index contributed by atoms with van der Waals surface area (Å²) < 4.78 is 5.54. The molecule has 2 N–H and O–H groups in total. The molecule has 0 bridgehead atoms. The fourth-order valence-electron chi connectivity index (χ4n) is 2.40. The Morgan fingerprint density at radius 1 is 1.21 bits per heavy atom. The number of carbonyl (C=O) groups excluding carboxylic acids is 2. The Balaban J connectivity index is 1.74. The smallest absolute Gasteiger partial charge is 0.344 e. The molecule has 2 amide bonds. The van der Waals surface area contributed by atoms with Gasteiger partial charge in [0.05, 0.1) is 4.91 Å². The Morgan fingerprint density at radius 3 is 2.62 bits per heavy atom. The third-order valence-electron chi connectivity index (χ3n) is 3.86. The van der Waals surface area contributed by atoms with Crippen LogP contribution in [0, 0.1) is 0 Å². The van der Waals surface area contributed by atoms with Gasteiger partial charge < -0.3 is 9.84 Å². The van der Waals surface area contributed by atoms with Crippen molar-refractivity contribution in [3.05, 3.63) is 70.6 Å². The average molecular weight is 428 g/mol. The van der Waals surface area contributed by atoms with Crippen LogP contribution in [-0.2, 0) is 9.59 Å². The summed E-state index contributed by atoms with van der Waals surface area (Å²) in [6.45, 7) is 1.43. The van der Waals surface area contributed by atoms with Crippen molar-refractivity contribution in [2.24, 2.45) is 0 Å². The zero-order chi connectivity index (χ0) is 21.0. The molecule has 1 saturated heterocycles. The summed E-state index contributed by atoms with van der Waals surface area (Å²) in [5, 5.41) is 9.99. The maximum absolute atomic E-state index is 12.7. The quantitative estimate of drug-likeness (QED) is 0.539. The Morgan fingerprint density at radius 2 is 1.93 bits per heavy atom. The van der Waals surface area contributed by atoms with Crippen molar-refractivity contribution >= 4 is 52.2 Å². The van der Waals surface area contributed by atoms with Crippen molar-refractivity contribution in [2.75, 3.05) is 0 Å². The highest BCUT2D eigenvalue weighted by Gasteiger charge is 2.33. The molecule has 0 saturated carbocycles. The number of nitrogens with one attached hydrogen (secondary N) is 1. The Kier molecular flexibility index (Phi) is 6.30. The summed E-state index contributed by atoms with van der Waals surface area (Å²) in [6, 6.07) is 15.2. The minimum absolute atomic E-state index is 0.206. The summed E-state index contributed by atoms with van der Waals surface area (Å²) in [7, 11) is 0. The molecule has 1 fully saturated rings. The van der Waals surface area contributed by atoms with E-state index in [-0.39, 0.29) is 4.32 Å². The molecule has 1 atom stereocenters. The monoisotopic (exact) mass is 428 g/mol. The molecule has 7 nitrogen and oxygen atoms in total. The van der Waals surface area contributed by atoms with E-state index in [0.29, 0.717) is 21.8 Å². The molecule has 1 unspecified atom stereocenters. The number of nitrogens with zero attached hydrogens (tertiary/aromatic N) is 1. The maximum atomic E-state index is 12.7. The van der Waals surface area contributed by atoms with Crippen LogP contribution in [0.25, 0.3) is 6.08 Å². The van der Waals surface area contributed by atoms with Gasteiger partial charge in [-0.15, -0.1) is 0 Å². The van der Waals surface area contributed by atoms with Gasteiger partial charge in [0.1, 0.15) is 5.75 Å². The second kappa shape index (κ2) is 8.89. The molecule has 3 rings (SSSR count). The standard InChI is InChI=1S/C20H16N2O5S2/c1-12(19(25)26)27-15-9-5-6-13(10-15)11-16-18(24)22(20(28)29-16)21-17(23)14-7-3-2-4-8-14/h2-12H,1H3,(H,21,23)(H,25,26)/b16-11+. The lowest BCUT2D eigenvalue weighted by Gasteiger charge is -2.15. The molecule has 0 aromatic heterocycles. The zero-order valence-corrected chi connectivity index (χ0v) is 16.8. The number of hydrogen-bond acceptors (Lipinski definition) is 6. The fraction of sp³-hybridized carbons (Fsp3) is 0.100. The van der Waals surface area contributed by atoms with Gasteiger partial charge in [-0.1, -0.05) is 42.1 Å². The normalized spacial score (nSPS) is 16.0. The molecule has 2 aromatic carbocycles. The highest BCUT2D eigenvalue weighted by atomic mass is 32.2. The number of ether oxygens (including phenoxy) is 1. The highest BCUT2D eigenvalue weighted by Crippen LogP contribution is 2.32. The number of carboxylic acids is 1. The molecule has 1 heterocycles. The highest BCUT2D eigenvalue weighted by molar-refractivity contribution is 8.26. The fourth-order valence-corrected chi connectivity index (χ4v) is 3.58. The molecule has 2 aromatic rings. The lowest BCUT2D eigenvalue weighted by atomic mass is 10.2. The van der Waals surface area contributed by atoms with E-state index in [0.717, 1.165) is 16.8 Å². The van der Waals surface area contributed by atoms with E-state index in [2.05, 4.69) is 5.43 Å². The van der Waals surface area contributed by atoms with E-state index in [1.165, 1.54) is 6.92 Å². The van der Waals surface area contributed by atoms with Crippen LogP contribution in [0.4, 0.5) is 0 Å². The van der Waals surface area contributed by atoms with Gasteiger partial charge in [0.15, 0.2) is 10.4 Å². The molecular formula is C20H16N2O5S2. The van der Waals surface area contributed by atoms with Crippen LogP contribution >= 0.6 is 24.0 Å². The van der Waals surface area contributed by atoms with Crippen molar-refractivity contribution in [1.29, 1.82) is 0 Å². The first-order valence-corrected chi connectivity index (χ1v) is 9.71. The zero-order valence-electron chi connectivity index (χ0n) is 15.2. The molecule has 29 heavy (non-hydrogen) atoms. The van der Waals surface area contributed by atoms with Crippen LogP contribution in [-0.4, -0.2) is 38.3 Å². The molecule has 1 aliphatic heterocycles. The molecule has 1 aliphatic rings. The van der Waals surface area contributed by atoms with Gasteiger partial charge in [-0.25, -0.2) is 4.79 Å². The number of benzene rings is 2. The summed E-state index contributed by atoms with van der Waals surface area (Å²) in [6.07, 6.45) is 0.600. The molecular weight excluding hydrogens is 412 g/mol. The van der Waals surface area contributed by atoms with Crippen molar-refractivity contribution in [1.82, 2.24) is 10.4 Å². The van der Waals surface area contributed by atoms with Gasteiger partial charge in [-0.2, -0.15) is 5.01 Å². The van der Waals surface area contributed by atoms with Gasteiger partial charge in [-0.3, -0.25) is 15.0 Å². The van der Waals surface area contributed by atoms with E-state index in [9.17, 15) is 14.4 Å². The number of hydrazine groups is 1. The van der Waals surface area contributed by atoms with Gasteiger partial charge in [0.2, 0.25) is 0 Å². The molecule has 9 heteroatoms. The first-order valence-electron chi connectivity index (χ1n) is 8.48. The predicted octanol–water partition coefficient (Wildman–Crippen LogP) is 3.08. The number of aliphatic carboxylic acids is 1. The van der Waals surface area contributed by atoms with Crippen LogP contribution in [0.3, 0.4) is 0 Å². The van der Waals surface area contributed by atoms with E-state index < -0.39 is 23.9 Å². The van der Waals surface area contributed by atoms with Gasteiger partial charge in [0.25, 0.3) is 11.8 Å². The number of thioether (sulfide) groups is 1. The van der Waals surface area contributed by atoms with Gasteiger partial charge >= 0.3 is 5.97 Å². The van der Waals surface area contributed by atoms with E-state index >= 15 is 0 Å². The number of hydrogen-bond donors (Lipinski definition) is 2. The van der Waals surface area contributed by atoms with Crippen LogP contribution in [0.2, 0.25) is 0 Å². The summed E-state index contributed by atoms with van der Waals surface area (Å²) in [4.78, 5) is 36.2. The first-order chi connectivity index (χ1) is 13.8. The number of carbonyl (C=O) groups is 3. The molecule has 0 radical (unpaired) electrons. The minimum Gasteiger partial charge on any atom is -0.479 e. The SMILES string of the molecule is CC(Oc1cccc(/C=C2/SC(=S)N(NC(=O)c3ccccc3)C2=O)c1)C(=O)O. The average Bonchev–Trinajstić information content (AvgIpc) is 2.96. The minimum atomic E-state index is -1.08. The van der Waals surface area contributed by atoms with Crippen molar-refractivity contribution in [2.45, 2.75) is 13.0 Å². The summed E-state index contributed by atoms with van der Waals surface area (Å²) in [5.41, 5.74) is 3.55.